The molecule has 0 aliphatic heterocycles. The highest BCUT2D eigenvalue weighted by Gasteiger charge is 2.26. The maximum absolute atomic E-state index is 12.1. The number of methoxy groups -OCH3 is 1. The molecule has 158 valence electrons. The van der Waals surface area contributed by atoms with Gasteiger partial charge < -0.3 is 10.1 Å². The maximum atomic E-state index is 12.1. The predicted octanol–water partition coefficient (Wildman–Crippen LogP) is 1.85. The van der Waals surface area contributed by atoms with Gasteiger partial charge in [0.2, 0.25) is 0 Å². The summed E-state index contributed by atoms with van der Waals surface area (Å²) in [4.78, 5) is 20.6. The molecule has 0 fully saturated rings. The number of benzene rings is 1. The third-order valence-corrected chi connectivity index (χ3v) is 6.02. The number of esters is 1. The lowest BCUT2D eigenvalue weighted by molar-refractivity contribution is -0.142. The lowest BCUT2D eigenvalue weighted by atomic mass is 10.1. The Bertz CT molecular complexity index is 1130. The molecule has 0 saturated carbocycles. The summed E-state index contributed by atoms with van der Waals surface area (Å²) in [6, 6.07) is 10.0. The van der Waals surface area contributed by atoms with Crippen LogP contribution in [0.3, 0.4) is 0 Å². The van der Waals surface area contributed by atoms with Crippen molar-refractivity contribution in [2.45, 2.75) is 12.5 Å². The second-order valence-electron chi connectivity index (χ2n) is 6.76. The van der Waals surface area contributed by atoms with E-state index in [0.29, 0.717) is 5.82 Å². The minimum atomic E-state index is -3.79. The first kappa shape index (κ1) is 21.6. The molecule has 0 spiro atoms. The van der Waals surface area contributed by atoms with Gasteiger partial charge in [0.1, 0.15) is 11.9 Å². The Kier molecular flexibility index (Phi) is 6.60. The largest absolute Gasteiger partial charge is 0.468 e. The molecule has 0 amide bonds. The molecule has 0 aliphatic carbocycles. The van der Waals surface area contributed by atoms with Crippen LogP contribution in [0.1, 0.15) is 5.56 Å². The van der Waals surface area contributed by atoms with Crippen LogP contribution in [0, 0.1) is 0 Å². The van der Waals surface area contributed by atoms with Crippen molar-refractivity contribution in [3.8, 4) is 0 Å². The summed E-state index contributed by atoms with van der Waals surface area (Å²) in [5.74, 6) is 0.0463. The summed E-state index contributed by atoms with van der Waals surface area (Å²) < 4.78 is 32.3. The predicted molar refractivity (Wildman–Crippen MR) is 115 cm³/mol. The first-order valence-electron chi connectivity index (χ1n) is 9.12. The Morgan fingerprint density at radius 2 is 1.87 bits per heavy atom. The molecule has 0 radical (unpaired) electrons. The Hall–Kier alpha value is -3.08. The van der Waals surface area contributed by atoms with Crippen LogP contribution in [0.5, 0.6) is 0 Å². The van der Waals surface area contributed by atoms with E-state index in [2.05, 4.69) is 20.0 Å². The number of hydrogen-bond acceptors (Lipinski definition) is 7. The Labute approximate surface area is 175 Å². The van der Waals surface area contributed by atoms with Gasteiger partial charge in [-0.2, -0.15) is 17.4 Å². The lowest BCUT2D eigenvalue weighted by Crippen LogP contribution is -2.47. The highest BCUT2D eigenvalue weighted by Crippen LogP contribution is 2.23. The zero-order chi connectivity index (χ0) is 21.7. The average molecular weight is 430 g/mol. The minimum absolute atomic E-state index is 0.151. The number of pyridine rings is 2. The number of fused-ring (bicyclic) bond motifs is 1. The summed E-state index contributed by atoms with van der Waals surface area (Å²) in [5.41, 5.74) is 1.58. The molecule has 2 aromatic heterocycles. The second-order valence-corrected chi connectivity index (χ2v) is 8.68. The standard InChI is InChI=1S/C20H23N5O4S/c1-25(2)30(27,28)24-18(20(26)29-3)12-14-4-6-16(7-5-14)23-19-17-9-10-21-13-15(17)8-11-22-19/h4-11,13,18,24H,12H2,1-3H3,(H,22,23). The van der Waals surface area contributed by atoms with E-state index in [4.69, 9.17) is 4.74 Å². The number of nitrogens with one attached hydrogen (secondary N) is 2. The molecular weight excluding hydrogens is 406 g/mol. The zero-order valence-electron chi connectivity index (χ0n) is 16.9. The molecule has 1 unspecified atom stereocenters. The van der Waals surface area contributed by atoms with E-state index in [-0.39, 0.29) is 6.42 Å². The summed E-state index contributed by atoms with van der Waals surface area (Å²) in [6.07, 6.45) is 5.34. The van der Waals surface area contributed by atoms with Gasteiger partial charge in [0, 0.05) is 49.1 Å². The number of carbonyl (C=O) groups is 1. The van der Waals surface area contributed by atoms with Gasteiger partial charge in [-0.05, 0) is 36.2 Å². The van der Waals surface area contributed by atoms with Gasteiger partial charge in [-0.25, -0.2) is 4.98 Å². The van der Waals surface area contributed by atoms with Crippen LogP contribution >= 0.6 is 0 Å². The van der Waals surface area contributed by atoms with Gasteiger partial charge in [-0.15, -0.1) is 0 Å². The van der Waals surface area contributed by atoms with Crippen LogP contribution in [0.4, 0.5) is 11.5 Å². The first-order valence-corrected chi connectivity index (χ1v) is 10.6. The van der Waals surface area contributed by atoms with E-state index in [0.717, 1.165) is 26.3 Å². The summed E-state index contributed by atoms with van der Waals surface area (Å²) in [7, 11) is 0.203. The molecule has 30 heavy (non-hydrogen) atoms. The van der Waals surface area contributed by atoms with Crippen molar-refractivity contribution < 1.29 is 17.9 Å². The van der Waals surface area contributed by atoms with E-state index in [1.807, 2.05) is 36.4 Å². The molecular formula is C20H23N5O4S. The molecule has 3 rings (SSSR count). The van der Waals surface area contributed by atoms with Gasteiger partial charge in [0.15, 0.2) is 0 Å². The topological polar surface area (TPSA) is 114 Å². The fourth-order valence-corrected chi connectivity index (χ4v) is 3.56. The van der Waals surface area contributed by atoms with Gasteiger partial charge in [0.25, 0.3) is 10.2 Å². The Morgan fingerprint density at radius 3 is 2.53 bits per heavy atom. The van der Waals surface area contributed by atoms with E-state index < -0.39 is 22.2 Å². The van der Waals surface area contributed by atoms with Crippen LogP contribution in [-0.2, 0) is 26.2 Å². The van der Waals surface area contributed by atoms with Crippen LogP contribution < -0.4 is 10.0 Å². The number of anilines is 2. The average Bonchev–Trinajstić information content (AvgIpc) is 2.74. The number of nitrogens with zero attached hydrogens (tertiary/aromatic N) is 3. The summed E-state index contributed by atoms with van der Waals surface area (Å²) in [6.45, 7) is 0. The van der Waals surface area contributed by atoms with Crippen LogP contribution in [0.25, 0.3) is 10.8 Å². The van der Waals surface area contributed by atoms with Gasteiger partial charge >= 0.3 is 5.97 Å². The molecule has 10 heteroatoms. The molecule has 0 aliphatic rings. The normalized spacial score (nSPS) is 12.7. The van der Waals surface area contributed by atoms with Crippen molar-refractivity contribution in [2.75, 3.05) is 26.5 Å². The number of carbonyl (C=O) groups excluding carboxylic acids is 1. The number of hydrogen-bond donors (Lipinski definition) is 2. The first-order chi connectivity index (χ1) is 14.3. The van der Waals surface area contributed by atoms with Crippen LogP contribution in [-0.4, -0.2) is 55.9 Å². The van der Waals surface area contributed by atoms with Gasteiger partial charge in [0.05, 0.1) is 7.11 Å². The lowest BCUT2D eigenvalue weighted by Gasteiger charge is -2.19. The second kappa shape index (κ2) is 9.16. The van der Waals surface area contributed by atoms with Crippen molar-refractivity contribution >= 4 is 38.5 Å². The summed E-state index contributed by atoms with van der Waals surface area (Å²) >= 11 is 0. The Morgan fingerprint density at radius 1 is 1.13 bits per heavy atom. The maximum Gasteiger partial charge on any atom is 0.324 e. The molecule has 2 N–H and O–H groups in total. The van der Waals surface area contributed by atoms with Crippen molar-refractivity contribution in [1.82, 2.24) is 19.0 Å². The third-order valence-electron chi connectivity index (χ3n) is 4.48. The van der Waals surface area contributed by atoms with Crippen molar-refractivity contribution in [1.29, 1.82) is 0 Å². The van der Waals surface area contributed by atoms with E-state index in [1.54, 1.807) is 18.6 Å². The highest BCUT2D eigenvalue weighted by molar-refractivity contribution is 7.87. The SMILES string of the molecule is COC(=O)C(Cc1ccc(Nc2nccc3cnccc23)cc1)NS(=O)(=O)N(C)C. The number of ether oxygens (including phenoxy) is 1. The number of aromatic nitrogens is 2. The fourth-order valence-electron chi connectivity index (χ4n) is 2.81. The van der Waals surface area contributed by atoms with Gasteiger partial charge in [-0.3, -0.25) is 9.78 Å². The van der Waals surface area contributed by atoms with Crippen molar-refractivity contribution in [2.24, 2.45) is 0 Å². The summed E-state index contributed by atoms with van der Waals surface area (Å²) in [5, 5.41) is 5.18. The molecule has 2 heterocycles. The van der Waals surface area contributed by atoms with E-state index in [9.17, 15) is 13.2 Å². The monoisotopic (exact) mass is 429 g/mol. The van der Waals surface area contributed by atoms with Crippen LogP contribution in [0.2, 0.25) is 0 Å². The fraction of sp³-hybridized carbons (Fsp3) is 0.250. The molecule has 0 bridgehead atoms. The van der Waals surface area contributed by atoms with Crippen molar-refractivity contribution in [3.05, 3.63) is 60.6 Å². The molecule has 9 nitrogen and oxygen atoms in total. The van der Waals surface area contributed by atoms with Crippen molar-refractivity contribution in [3.63, 3.8) is 0 Å². The third kappa shape index (κ3) is 5.09. The number of rotatable bonds is 8. The smallest absolute Gasteiger partial charge is 0.324 e. The zero-order valence-corrected chi connectivity index (χ0v) is 17.7. The van der Waals surface area contributed by atoms with E-state index >= 15 is 0 Å². The quantitative estimate of drug-likeness (QED) is 0.525. The Balaban J connectivity index is 1.76. The van der Waals surface area contributed by atoms with E-state index in [1.165, 1.54) is 21.2 Å². The minimum Gasteiger partial charge on any atom is -0.468 e. The molecule has 1 atom stereocenters. The van der Waals surface area contributed by atoms with Gasteiger partial charge in [-0.1, -0.05) is 12.1 Å². The molecule has 3 aromatic rings. The molecule has 0 saturated heterocycles. The van der Waals surface area contributed by atoms with Crippen LogP contribution in [0.15, 0.2) is 55.0 Å². The highest BCUT2D eigenvalue weighted by atomic mass is 32.2. The molecule has 1 aromatic carbocycles.